The van der Waals surface area contributed by atoms with E-state index >= 15 is 8.78 Å². The number of hydrogen-bond acceptors (Lipinski definition) is 10. The predicted octanol–water partition coefficient (Wildman–Crippen LogP) is 6.59. The highest BCUT2D eigenvalue weighted by Crippen LogP contribution is 2.67. The number of hydrogen-bond donors (Lipinski definition) is 0. The fourth-order valence-electron chi connectivity index (χ4n) is 5.31. The second-order valence-corrected chi connectivity index (χ2v) is 21.4. The highest BCUT2D eigenvalue weighted by molar-refractivity contribution is 8.16. The lowest BCUT2D eigenvalue weighted by molar-refractivity contribution is -0.129. The van der Waals surface area contributed by atoms with Gasteiger partial charge in [-0.25, -0.2) is 29.0 Å². The third kappa shape index (κ3) is 8.58. The van der Waals surface area contributed by atoms with E-state index in [9.17, 15) is 9.59 Å². The minimum absolute atomic E-state index is 0.0372. The fourth-order valence-corrected chi connectivity index (χ4v) is 7.76. The third-order valence-electron chi connectivity index (χ3n) is 7.88. The number of carbonyl (C=O) groups excluding carboxylic acids is 2. The Bertz CT molecular complexity index is 1580. The summed E-state index contributed by atoms with van der Waals surface area (Å²) in [5.41, 5.74) is -1.92. The Labute approximate surface area is 286 Å². The molecule has 1 saturated carbocycles. The highest BCUT2D eigenvalue weighted by Gasteiger charge is 2.72. The van der Waals surface area contributed by atoms with Crippen LogP contribution in [0.2, 0.25) is 25.7 Å². The molecule has 0 N–H and O–H groups in total. The summed E-state index contributed by atoms with van der Waals surface area (Å²) in [5.74, 6) is -1.91. The van der Waals surface area contributed by atoms with Crippen molar-refractivity contribution in [2.45, 2.75) is 82.6 Å². The molecule has 15 heteroatoms. The minimum atomic E-state index is -1.43. The molecule has 4 rings (SSSR count). The normalized spacial score (nSPS) is 22.4. The van der Waals surface area contributed by atoms with Gasteiger partial charge in [0, 0.05) is 46.5 Å². The van der Waals surface area contributed by atoms with E-state index in [-0.39, 0.29) is 40.5 Å². The molecule has 0 aromatic carbocycles. The lowest BCUT2D eigenvalue weighted by atomic mass is 9.86. The van der Waals surface area contributed by atoms with Crippen molar-refractivity contribution in [3.05, 3.63) is 47.4 Å². The van der Waals surface area contributed by atoms with Crippen LogP contribution < -0.4 is 4.74 Å². The molecule has 3 heterocycles. The minimum Gasteiger partial charge on any atom is -0.477 e. The maximum absolute atomic E-state index is 15.8. The van der Waals surface area contributed by atoms with Crippen LogP contribution in [0, 0.1) is 11.9 Å². The molecule has 1 aliphatic heterocycles. The Morgan fingerprint density at radius 1 is 1.15 bits per heavy atom. The quantitative estimate of drug-likeness (QED) is 0.110. The van der Waals surface area contributed by atoms with Gasteiger partial charge in [-0.3, -0.25) is 9.79 Å². The van der Waals surface area contributed by atoms with Crippen molar-refractivity contribution in [2.75, 3.05) is 34.0 Å². The van der Waals surface area contributed by atoms with Crippen molar-refractivity contribution in [1.29, 1.82) is 0 Å². The Kier molecular flexibility index (Phi) is 11.1. The number of pyridine rings is 1. The van der Waals surface area contributed by atoms with Gasteiger partial charge >= 0.3 is 6.09 Å². The molecule has 0 radical (unpaired) electrons. The molecule has 0 unspecified atom stereocenters. The molecule has 0 spiro atoms. The highest BCUT2D eigenvalue weighted by atomic mass is 32.2. The van der Waals surface area contributed by atoms with Crippen molar-refractivity contribution >= 4 is 48.9 Å². The van der Waals surface area contributed by atoms with Gasteiger partial charge in [0.25, 0.3) is 0 Å². The first-order valence-electron chi connectivity index (χ1n) is 15.9. The zero-order valence-corrected chi connectivity index (χ0v) is 31.2. The van der Waals surface area contributed by atoms with Crippen LogP contribution in [0.3, 0.4) is 0 Å². The summed E-state index contributed by atoms with van der Waals surface area (Å²) in [7, 11) is 1.87. The first kappa shape index (κ1) is 37.4. The van der Waals surface area contributed by atoms with E-state index in [2.05, 4.69) is 34.6 Å². The van der Waals surface area contributed by atoms with Crippen LogP contribution in [0.25, 0.3) is 11.9 Å². The van der Waals surface area contributed by atoms with Crippen LogP contribution in [0.5, 0.6) is 5.88 Å². The van der Waals surface area contributed by atoms with Gasteiger partial charge in [-0.05, 0) is 64.8 Å². The summed E-state index contributed by atoms with van der Waals surface area (Å²) in [6.45, 7) is 16.1. The van der Waals surface area contributed by atoms with E-state index in [4.69, 9.17) is 19.2 Å². The molecule has 1 fully saturated rings. The maximum Gasteiger partial charge on any atom is 0.418 e. The predicted molar refractivity (Wildman–Crippen MR) is 185 cm³/mol. The molecule has 3 atom stereocenters. The Morgan fingerprint density at radius 3 is 2.44 bits per heavy atom. The molecule has 0 saturated heterocycles. The van der Waals surface area contributed by atoms with Crippen molar-refractivity contribution in [3.8, 4) is 5.88 Å². The number of rotatable bonds is 11. The molecule has 0 bridgehead atoms. The largest absolute Gasteiger partial charge is 0.477 e. The Balaban J connectivity index is 1.78. The second-order valence-electron chi connectivity index (χ2n) is 14.5. The Morgan fingerprint density at radius 2 is 1.85 bits per heavy atom. The van der Waals surface area contributed by atoms with Crippen LogP contribution in [0.4, 0.5) is 13.6 Å². The number of halogens is 2. The summed E-state index contributed by atoms with van der Waals surface area (Å²) in [4.78, 5) is 47.2. The zero-order chi connectivity index (χ0) is 35.7. The summed E-state index contributed by atoms with van der Waals surface area (Å²) < 4.78 is 47.0. The SMILES string of the molecule is CCOc1cnc(/C(F)=C/c2cnc(F)c([C@@]3(C)N=C(N(COCC[Si](C)(C)C)C(=O)OC(C)(C)C)S[C@@]4(C(=O)N(C)C)C[C@H]43)c2)cn1. The topological polar surface area (TPSA) is 119 Å². The van der Waals surface area contributed by atoms with Gasteiger partial charge in [-0.2, -0.15) is 4.39 Å². The average Bonchev–Trinajstić information content (AvgIpc) is 3.73. The number of thioether (sulfide) groups is 1. The van der Waals surface area contributed by atoms with Gasteiger partial charge < -0.3 is 19.1 Å². The summed E-state index contributed by atoms with van der Waals surface area (Å²) in [6, 6.07) is 2.33. The number of aliphatic imine (C=N–C) groups is 1. The zero-order valence-electron chi connectivity index (χ0n) is 29.4. The monoisotopic (exact) mass is 704 g/mol. The summed E-state index contributed by atoms with van der Waals surface area (Å²) >= 11 is 1.16. The van der Waals surface area contributed by atoms with Gasteiger partial charge in [0.1, 0.15) is 22.8 Å². The fraction of sp³-hybridized carbons (Fsp3) is 0.576. The molecule has 2 aromatic heterocycles. The van der Waals surface area contributed by atoms with Crippen LogP contribution in [-0.4, -0.2) is 94.4 Å². The van der Waals surface area contributed by atoms with Crippen LogP contribution in [0.15, 0.2) is 29.6 Å². The lowest BCUT2D eigenvalue weighted by Gasteiger charge is -2.38. The summed E-state index contributed by atoms with van der Waals surface area (Å²) in [5, 5.41) is 0.167. The number of nitrogens with zero attached hydrogens (tertiary/aromatic N) is 6. The molecule has 2 amide bonds. The lowest BCUT2D eigenvalue weighted by Crippen LogP contribution is -2.48. The molecule has 2 aromatic rings. The third-order valence-corrected chi connectivity index (χ3v) is 11.1. The van der Waals surface area contributed by atoms with Gasteiger partial charge in [0.15, 0.2) is 11.0 Å². The van der Waals surface area contributed by atoms with Gasteiger partial charge in [0.05, 0.1) is 24.5 Å². The van der Waals surface area contributed by atoms with Crippen molar-refractivity contribution in [3.63, 3.8) is 0 Å². The van der Waals surface area contributed by atoms with E-state index in [0.717, 1.165) is 17.8 Å². The first-order chi connectivity index (χ1) is 22.3. The first-order valence-corrected chi connectivity index (χ1v) is 20.4. The van der Waals surface area contributed by atoms with Gasteiger partial charge in [0.2, 0.25) is 17.7 Å². The molecular weight excluding hydrogens is 659 g/mol. The molecule has 48 heavy (non-hydrogen) atoms. The van der Waals surface area contributed by atoms with Gasteiger partial charge in [-0.1, -0.05) is 31.4 Å². The number of amides is 2. The Hall–Kier alpha value is -3.43. The van der Waals surface area contributed by atoms with E-state index in [0.29, 0.717) is 19.6 Å². The van der Waals surface area contributed by atoms with E-state index in [1.54, 1.807) is 48.7 Å². The molecule has 11 nitrogen and oxygen atoms in total. The van der Waals surface area contributed by atoms with E-state index in [1.807, 2.05) is 0 Å². The molecule has 2 aliphatic rings. The number of fused-ring (bicyclic) bond motifs is 1. The van der Waals surface area contributed by atoms with Crippen LogP contribution in [-0.2, 0) is 19.8 Å². The number of amidine groups is 1. The van der Waals surface area contributed by atoms with Gasteiger partial charge in [-0.15, -0.1) is 0 Å². The number of ether oxygens (including phenoxy) is 3. The van der Waals surface area contributed by atoms with Crippen LogP contribution in [0.1, 0.15) is 57.9 Å². The second kappa shape index (κ2) is 14.2. The average molecular weight is 705 g/mol. The van der Waals surface area contributed by atoms with E-state index in [1.165, 1.54) is 40.5 Å². The van der Waals surface area contributed by atoms with Crippen molar-refractivity contribution in [2.24, 2.45) is 10.9 Å². The molecule has 262 valence electrons. The summed E-state index contributed by atoms with van der Waals surface area (Å²) in [6.07, 6.45) is 4.61. The maximum atomic E-state index is 15.8. The van der Waals surface area contributed by atoms with E-state index < -0.39 is 47.7 Å². The molecule has 1 aliphatic carbocycles. The molecular formula is C33H46F2N6O5SSi. The standard InChI is InChI=1S/C33H46F2N6O5SSi/c1-11-45-26-19-36-24(18-37-26)23(34)15-21-14-22(27(35)38-17-21)32(5)25-16-33(25,28(42)40(6)7)47-29(39-32)41(30(43)46-31(2,3)4)20-44-12-13-48(8,9)10/h14-15,17-19,25H,11-13,16,20H2,1-10H3/b23-15-/t25-,32+,33-/m0/s1. The number of carbonyl (C=O) groups is 2. The van der Waals surface area contributed by atoms with Crippen molar-refractivity contribution < 1.29 is 32.6 Å². The number of aromatic nitrogens is 3. The van der Waals surface area contributed by atoms with Crippen molar-refractivity contribution in [1.82, 2.24) is 24.8 Å². The smallest absolute Gasteiger partial charge is 0.418 e. The van der Waals surface area contributed by atoms with Crippen LogP contribution >= 0.6 is 11.8 Å².